The first-order chi connectivity index (χ1) is 3.77. The molecule has 0 bridgehead atoms. The average molecular weight is 159 g/mol. The number of hydrogen-bond donors (Lipinski definition) is 0. The molecule has 0 aliphatic heterocycles. The zero-order valence-electron chi connectivity index (χ0n) is 4.73. The van der Waals surface area contributed by atoms with Crippen LogP contribution >= 0.6 is 19.1 Å². The Morgan fingerprint density at radius 2 is 2.38 bits per heavy atom. The molecule has 1 atom stereocenters. The molecule has 0 spiro atoms. The molecule has 0 aromatic heterocycles. The smallest absolute Gasteiger partial charge is 0.319 e. The highest BCUT2D eigenvalue weighted by molar-refractivity contribution is 7.75. The summed E-state index contributed by atoms with van der Waals surface area (Å²) in [6, 6.07) is 0. The van der Waals surface area contributed by atoms with Gasteiger partial charge in [-0.15, -0.1) is 0 Å². The van der Waals surface area contributed by atoms with Gasteiger partial charge < -0.3 is 4.52 Å². The third kappa shape index (κ3) is 6.61. The molecule has 0 aromatic carbocycles. The molecule has 0 radical (unpaired) electrons. The van der Waals surface area contributed by atoms with E-state index in [9.17, 15) is 4.20 Å². The Balaban J connectivity index is 2.72. The monoisotopic (exact) mass is 158 g/mol. The minimum Gasteiger partial charge on any atom is -0.319 e. The molecule has 0 amide bonds. The summed E-state index contributed by atoms with van der Waals surface area (Å²) in [5.41, 5.74) is 0. The van der Waals surface area contributed by atoms with Crippen molar-refractivity contribution in [3.05, 3.63) is 0 Å². The van der Waals surface area contributed by atoms with Crippen LogP contribution in [0.5, 0.6) is 0 Å². The van der Waals surface area contributed by atoms with E-state index >= 15 is 0 Å². The van der Waals surface area contributed by atoms with Gasteiger partial charge in [-0.3, -0.25) is 0 Å². The van der Waals surface area contributed by atoms with Crippen LogP contribution in [0.4, 0.5) is 4.20 Å². The van der Waals surface area contributed by atoms with Gasteiger partial charge in [0, 0.05) is 0 Å². The van der Waals surface area contributed by atoms with Gasteiger partial charge >= 0.3 is 7.81 Å². The van der Waals surface area contributed by atoms with E-state index in [1.807, 2.05) is 6.92 Å². The Bertz CT molecular complexity index is 53.3. The van der Waals surface area contributed by atoms with E-state index < -0.39 is 7.81 Å². The minimum absolute atomic E-state index is 0.447. The molecule has 8 heavy (non-hydrogen) atoms. The molecular weight excluding hydrogens is 149 g/mol. The van der Waals surface area contributed by atoms with E-state index in [0.717, 1.165) is 12.8 Å². The molecular formula is C4H9ClFOP. The lowest BCUT2D eigenvalue weighted by molar-refractivity contribution is 0.332. The number of hydrogen-bond acceptors (Lipinski definition) is 1. The Morgan fingerprint density at radius 3 is 2.75 bits per heavy atom. The van der Waals surface area contributed by atoms with Gasteiger partial charge in [0.05, 0.1) is 6.61 Å². The van der Waals surface area contributed by atoms with Crippen molar-refractivity contribution >= 4 is 19.1 Å². The largest absolute Gasteiger partial charge is 0.321 e. The summed E-state index contributed by atoms with van der Waals surface area (Å²) in [5.74, 6) is 0. The summed E-state index contributed by atoms with van der Waals surface area (Å²) in [6.07, 6.45) is 1.90. The van der Waals surface area contributed by atoms with Crippen molar-refractivity contribution in [2.45, 2.75) is 19.8 Å². The molecule has 0 aliphatic carbocycles. The van der Waals surface area contributed by atoms with Gasteiger partial charge in [-0.05, 0) is 17.7 Å². The second-order valence-electron chi connectivity index (χ2n) is 1.39. The van der Waals surface area contributed by atoms with E-state index in [1.165, 1.54) is 0 Å². The predicted molar refractivity (Wildman–Crippen MR) is 34.7 cm³/mol. The third-order valence-electron chi connectivity index (χ3n) is 0.687. The van der Waals surface area contributed by atoms with Crippen LogP contribution in [0.15, 0.2) is 0 Å². The highest BCUT2D eigenvalue weighted by Crippen LogP contribution is 2.43. The first-order valence-electron chi connectivity index (χ1n) is 2.52. The fraction of sp³-hybridized carbons (Fsp3) is 1.00. The van der Waals surface area contributed by atoms with Gasteiger partial charge in [0.25, 0.3) is 0 Å². The summed E-state index contributed by atoms with van der Waals surface area (Å²) in [5, 5.41) is 0. The van der Waals surface area contributed by atoms with Gasteiger partial charge in [-0.25, -0.2) is 0 Å². The van der Waals surface area contributed by atoms with Crippen molar-refractivity contribution in [2.75, 3.05) is 6.61 Å². The van der Waals surface area contributed by atoms with E-state index in [1.54, 1.807) is 0 Å². The van der Waals surface area contributed by atoms with Gasteiger partial charge in [0.1, 0.15) is 0 Å². The van der Waals surface area contributed by atoms with Crippen LogP contribution in [-0.4, -0.2) is 6.61 Å². The number of halogens is 2. The summed E-state index contributed by atoms with van der Waals surface area (Å²) in [6.45, 7) is 2.46. The second-order valence-corrected chi connectivity index (χ2v) is 2.85. The van der Waals surface area contributed by atoms with Gasteiger partial charge in [-0.1, -0.05) is 13.3 Å². The minimum atomic E-state index is -2.14. The molecule has 0 fully saturated rings. The average Bonchev–Trinajstić information content (AvgIpc) is 1.66. The van der Waals surface area contributed by atoms with Crippen molar-refractivity contribution in [3.63, 3.8) is 0 Å². The summed E-state index contributed by atoms with van der Waals surface area (Å²) in [4.78, 5) is 0. The zero-order chi connectivity index (χ0) is 6.41. The fourth-order valence-corrected chi connectivity index (χ4v) is 0.752. The summed E-state index contributed by atoms with van der Waals surface area (Å²) >= 11 is 4.89. The Hall–Kier alpha value is 0.610. The van der Waals surface area contributed by atoms with Crippen LogP contribution in [0.1, 0.15) is 19.8 Å². The fourth-order valence-electron chi connectivity index (χ4n) is 0.278. The van der Waals surface area contributed by atoms with Crippen molar-refractivity contribution in [1.82, 2.24) is 0 Å². The van der Waals surface area contributed by atoms with Crippen LogP contribution < -0.4 is 0 Å². The first-order valence-corrected chi connectivity index (χ1v) is 4.57. The van der Waals surface area contributed by atoms with Crippen LogP contribution in [-0.2, 0) is 4.52 Å². The van der Waals surface area contributed by atoms with Crippen LogP contribution in [0.2, 0.25) is 0 Å². The zero-order valence-corrected chi connectivity index (χ0v) is 6.38. The molecule has 0 aromatic rings. The topological polar surface area (TPSA) is 9.23 Å². The maximum Gasteiger partial charge on any atom is 0.321 e. The summed E-state index contributed by atoms with van der Waals surface area (Å²) in [7, 11) is -2.14. The lowest BCUT2D eigenvalue weighted by Crippen LogP contribution is -1.82. The van der Waals surface area contributed by atoms with Gasteiger partial charge in [-0.2, -0.15) is 4.20 Å². The quantitative estimate of drug-likeness (QED) is 0.451. The number of rotatable bonds is 4. The SMILES string of the molecule is CCCCOP(F)Cl. The maximum atomic E-state index is 11.6. The van der Waals surface area contributed by atoms with E-state index in [0.29, 0.717) is 6.61 Å². The summed E-state index contributed by atoms with van der Waals surface area (Å²) < 4.78 is 16.1. The highest BCUT2D eigenvalue weighted by Gasteiger charge is 1.98. The van der Waals surface area contributed by atoms with Crippen molar-refractivity contribution in [1.29, 1.82) is 0 Å². The van der Waals surface area contributed by atoms with E-state index in [2.05, 4.69) is 4.52 Å². The normalized spacial score (nSPS) is 13.9. The Kier molecular flexibility index (Phi) is 6.18. The molecule has 50 valence electrons. The number of unbranched alkanes of at least 4 members (excludes halogenated alkanes) is 1. The van der Waals surface area contributed by atoms with Crippen LogP contribution in [0, 0.1) is 0 Å². The molecule has 0 saturated carbocycles. The highest BCUT2D eigenvalue weighted by atomic mass is 35.7. The van der Waals surface area contributed by atoms with E-state index in [-0.39, 0.29) is 0 Å². The van der Waals surface area contributed by atoms with E-state index in [4.69, 9.17) is 11.2 Å². The molecule has 0 N–H and O–H groups in total. The van der Waals surface area contributed by atoms with Crippen molar-refractivity contribution in [3.8, 4) is 0 Å². The molecule has 0 rings (SSSR count). The lowest BCUT2D eigenvalue weighted by atomic mass is 10.4. The van der Waals surface area contributed by atoms with Crippen molar-refractivity contribution < 1.29 is 8.72 Å². The van der Waals surface area contributed by atoms with Gasteiger partial charge in [0.2, 0.25) is 0 Å². The standard InChI is InChI=1S/C4H9ClFOP/c1-2-3-4-7-8(5)6/h2-4H2,1H3. The lowest BCUT2D eigenvalue weighted by Gasteiger charge is -1.97. The molecule has 0 saturated heterocycles. The molecule has 0 aliphatic rings. The molecule has 0 heterocycles. The first kappa shape index (κ1) is 8.61. The molecule has 4 heteroatoms. The Labute approximate surface area is 54.9 Å². The maximum absolute atomic E-state index is 11.6. The predicted octanol–water partition coefficient (Wildman–Crippen LogP) is 3.24. The van der Waals surface area contributed by atoms with Gasteiger partial charge in [0.15, 0.2) is 0 Å². The third-order valence-corrected chi connectivity index (χ3v) is 1.36. The van der Waals surface area contributed by atoms with Crippen molar-refractivity contribution in [2.24, 2.45) is 0 Å². The van der Waals surface area contributed by atoms with Crippen LogP contribution in [0.3, 0.4) is 0 Å². The Morgan fingerprint density at radius 1 is 1.75 bits per heavy atom. The second kappa shape index (κ2) is 5.74. The van der Waals surface area contributed by atoms with Crippen LogP contribution in [0.25, 0.3) is 0 Å². The molecule has 1 unspecified atom stereocenters. The molecule has 1 nitrogen and oxygen atoms in total.